The Morgan fingerprint density at radius 2 is 2.00 bits per heavy atom. The summed E-state index contributed by atoms with van der Waals surface area (Å²) in [4.78, 5) is 14.3. The SMILES string of the molecule is CC(C)(C)CC(=O)N(CCCBr)C1CCC1. The third-order valence-corrected chi connectivity index (χ3v) is 3.61. The van der Waals surface area contributed by atoms with Gasteiger partial charge in [0.05, 0.1) is 0 Å². The van der Waals surface area contributed by atoms with Crippen LogP contribution in [0, 0.1) is 5.41 Å². The van der Waals surface area contributed by atoms with Gasteiger partial charge in [0.2, 0.25) is 5.91 Å². The zero-order valence-electron chi connectivity index (χ0n) is 10.8. The van der Waals surface area contributed by atoms with Gasteiger partial charge in [-0.05, 0) is 31.1 Å². The molecule has 0 spiro atoms. The third kappa shape index (κ3) is 4.44. The highest BCUT2D eigenvalue weighted by Gasteiger charge is 2.30. The average molecular weight is 290 g/mol. The van der Waals surface area contributed by atoms with Gasteiger partial charge in [-0.1, -0.05) is 36.7 Å². The van der Waals surface area contributed by atoms with E-state index in [1.54, 1.807) is 0 Å². The van der Waals surface area contributed by atoms with Crippen LogP contribution in [-0.4, -0.2) is 28.7 Å². The fourth-order valence-electron chi connectivity index (χ4n) is 1.99. The van der Waals surface area contributed by atoms with E-state index in [9.17, 15) is 4.79 Å². The van der Waals surface area contributed by atoms with E-state index in [0.717, 1.165) is 18.3 Å². The molecule has 0 aliphatic heterocycles. The first-order chi connectivity index (χ1) is 7.44. The summed E-state index contributed by atoms with van der Waals surface area (Å²) in [6, 6.07) is 0.536. The van der Waals surface area contributed by atoms with Gasteiger partial charge in [-0.25, -0.2) is 0 Å². The number of rotatable bonds is 5. The van der Waals surface area contributed by atoms with Crippen LogP contribution in [0.5, 0.6) is 0 Å². The van der Waals surface area contributed by atoms with Crippen LogP contribution in [0.3, 0.4) is 0 Å². The lowest BCUT2D eigenvalue weighted by atomic mass is 9.88. The summed E-state index contributed by atoms with van der Waals surface area (Å²) in [5.41, 5.74) is 0.105. The van der Waals surface area contributed by atoms with Gasteiger partial charge in [-0.15, -0.1) is 0 Å². The normalized spacial score (nSPS) is 17.0. The highest BCUT2D eigenvalue weighted by Crippen LogP contribution is 2.28. The second-order valence-corrected chi connectivity index (χ2v) is 6.74. The van der Waals surface area contributed by atoms with Crippen LogP contribution in [0.4, 0.5) is 0 Å². The minimum atomic E-state index is 0.105. The van der Waals surface area contributed by atoms with Crippen LogP contribution in [0.2, 0.25) is 0 Å². The topological polar surface area (TPSA) is 20.3 Å². The molecule has 0 N–H and O–H groups in total. The molecular formula is C13H24BrNO. The molecule has 0 aromatic heterocycles. The summed E-state index contributed by atoms with van der Waals surface area (Å²) in [6.45, 7) is 7.32. The Labute approximate surface area is 108 Å². The van der Waals surface area contributed by atoms with Crippen molar-refractivity contribution in [1.29, 1.82) is 0 Å². The molecule has 1 saturated carbocycles. The molecule has 0 unspecified atom stereocenters. The number of hydrogen-bond donors (Lipinski definition) is 0. The Kier molecular flexibility index (Phi) is 5.29. The smallest absolute Gasteiger partial charge is 0.223 e. The van der Waals surface area contributed by atoms with E-state index in [-0.39, 0.29) is 5.41 Å². The van der Waals surface area contributed by atoms with Crippen molar-refractivity contribution in [3.05, 3.63) is 0 Å². The fourth-order valence-corrected chi connectivity index (χ4v) is 2.25. The molecule has 0 atom stereocenters. The molecule has 1 amide bonds. The fraction of sp³-hybridized carbons (Fsp3) is 0.923. The minimum absolute atomic E-state index is 0.105. The van der Waals surface area contributed by atoms with Gasteiger partial charge in [0, 0.05) is 24.3 Å². The molecule has 0 heterocycles. The number of alkyl halides is 1. The second-order valence-electron chi connectivity index (χ2n) is 5.95. The van der Waals surface area contributed by atoms with Gasteiger partial charge in [0.15, 0.2) is 0 Å². The summed E-state index contributed by atoms with van der Waals surface area (Å²) in [6.07, 6.45) is 5.44. The van der Waals surface area contributed by atoms with Crippen molar-refractivity contribution in [2.24, 2.45) is 5.41 Å². The van der Waals surface area contributed by atoms with Gasteiger partial charge >= 0.3 is 0 Å². The molecule has 3 heteroatoms. The average Bonchev–Trinajstić information content (AvgIpc) is 2.05. The summed E-state index contributed by atoms with van der Waals surface area (Å²) >= 11 is 3.44. The van der Waals surface area contributed by atoms with E-state index in [4.69, 9.17) is 0 Å². The summed E-state index contributed by atoms with van der Waals surface area (Å²) < 4.78 is 0. The van der Waals surface area contributed by atoms with Gasteiger partial charge in [0.25, 0.3) is 0 Å². The van der Waals surface area contributed by atoms with E-state index in [1.807, 2.05) is 0 Å². The Morgan fingerprint density at radius 3 is 2.38 bits per heavy atom. The molecular weight excluding hydrogens is 266 g/mol. The Morgan fingerprint density at radius 1 is 1.38 bits per heavy atom. The molecule has 0 saturated heterocycles. The Hall–Kier alpha value is -0.0500. The lowest BCUT2D eigenvalue weighted by Crippen LogP contribution is -2.45. The minimum Gasteiger partial charge on any atom is -0.340 e. The number of hydrogen-bond acceptors (Lipinski definition) is 1. The maximum atomic E-state index is 12.2. The van der Waals surface area contributed by atoms with Crippen molar-refractivity contribution >= 4 is 21.8 Å². The van der Waals surface area contributed by atoms with Crippen LogP contribution in [-0.2, 0) is 4.79 Å². The van der Waals surface area contributed by atoms with Crippen molar-refractivity contribution < 1.29 is 4.79 Å². The number of halogens is 1. The molecule has 1 rings (SSSR count). The van der Waals surface area contributed by atoms with Crippen LogP contribution < -0.4 is 0 Å². The lowest BCUT2D eigenvalue weighted by molar-refractivity contribution is -0.137. The van der Waals surface area contributed by atoms with Gasteiger partial charge in [-0.3, -0.25) is 4.79 Å². The van der Waals surface area contributed by atoms with Crippen LogP contribution in [0.1, 0.15) is 52.9 Å². The number of carbonyl (C=O) groups excluding carboxylic acids is 1. The van der Waals surface area contributed by atoms with Crippen molar-refractivity contribution in [1.82, 2.24) is 4.90 Å². The van der Waals surface area contributed by atoms with Crippen LogP contribution in [0.15, 0.2) is 0 Å². The molecule has 0 radical (unpaired) electrons. The van der Waals surface area contributed by atoms with E-state index in [1.165, 1.54) is 19.3 Å². The molecule has 0 aromatic carbocycles. The summed E-state index contributed by atoms with van der Waals surface area (Å²) in [7, 11) is 0. The molecule has 0 bridgehead atoms. The molecule has 16 heavy (non-hydrogen) atoms. The maximum absolute atomic E-state index is 12.2. The summed E-state index contributed by atoms with van der Waals surface area (Å²) in [5, 5.41) is 0.985. The largest absolute Gasteiger partial charge is 0.340 e. The van der Waals surface area contributed by atoms with Gasteiger partial charge < -0.3 is 4.90 Å². The molecule has 94 valence electrons. The molecule has 2 nitrogen and oxygen atoms in total. The number of amides is 1. The zero-order chi connectivity index (χ0) is 12.2. The molecule has 1 aliphatic carbocycles. The van der Waals surface area contributed by atoms with Crippen molar-refractivity contribution in [3.8, 4) is 0 Å². The molecule has 1 aliphatic rings. The third-order valence-electron chi connectivity index (χ3n) is 3.05. The highest BCUT2D eigenvalue weighted by atomic mass is 79.9. The number of carbonyl (C=O) groups is 1. The standard InChI is InChI=1S/C13H24BrNO/c1-13(2,3)10-12(16)15(9-5-8-14)11-6-4-7-11/h11H,4-10H2,1-3H3. The van der Waals surface area contributed by atoms with Gasteiger partial charge in [0.1, 0.15) is 0 Å². The van der Waals surface area contributed by atoms with Crippen molar-refractivity contribution in [3.63, 3.8) is 0 Å². The van der Waals surface area contributed by atoms with E-state index in [0.29, 0.717) is 18.4 Å². The predicted octanol–water partition coefficient (Wildman–Crippen LogP) is 3.59. The van der Waals surface area contributed by atoms with Crippen LogP contribution >= 0.6 is 15.9 Å². The van der Waals surface area contributed by atoms with E-state index < -0.39 is 0 Å². The first-order valence-corrected chi connectivity index (χ1v) is 7.41. The van der Waals surface area contributed by atoms with E-state index >= 15 is 0 Å². The Balaban J connectivity index is 2.50. The maximum Gasteiger partial charge on any atom is 0.223 e. The van der Waals surface area contributed by atoms with E-state index in [2.05, 4.69) is 41.6 Å². The van der Waals surface area contributed by atoms with Crippen LogP contribution in [0.25, 0.3) is 0 Å². The lowest BCUT2D eigenvalue weighted by Gasteiger charge is -2.39. The van der Waals surface area contributed by atoms with Crippen molar-refractivity contribution in [2.75, 3.05) is 11.9 Å². The molecule has 1 fully saturated rings. The highest BCUT2D eigenvalue weighted by molar-refractivity contribution is 9.09. The van der Waals surface area contributed by atoms with Gasteiger partial charge in [-0.2, -0.15) is 0 Å². The first-order valence-electron chi connectivity index (χ1n) is 6.29. The zero-order valence-corrected chi connectivity index (χ0v) is 12.3. The monoisotopic (exact) mass is 289 g/mol. The molecule has 0 aromatic rings. The first kappa shape index (κ1) is 14.0. The van der Waals surface area contributed by atoms with Crippen molar-refractivity contribution in [2.45, 2.75) is 58.9 Å². The quantitative estimate of drug-likeness (QED) is 0.709. The predicted molar refractivity (Wildman–Crippen MR) is 71.8 cm³/mol. The summed E-state index contributed by atoms with van der Waals surface area (Å²) in [5.74, 6) is 0.346. The number of nitrogens with zero attached hydrogens (tertiary/aromatic N) is 1. The second kappa shape index (κ2) is 6.04. The Bertz CT molecular complexity index is 231.